The third kappa shape index (κ3) is 4.64. The Hall–Kier alpha value is -3.33. The van der Waals surface area contributed by atoms with Crippen molar-refractivity contribution in [3.05, 3.63) is 71.8 Å². The Morgan fingerprint density at radius 1 is 1.00 bits per heavy atom. The van der Waals surface area contributed by atoms with Gasteiger partial charge in [-0.2, -0.15) is 0 Å². The molecule has 1 aromatic carbocycles. The number of amides is 1. The first-order valence-corrected chi connectivity index (χ1v) is 9.48. The normalized spacial score (nSPS) is 11.0. The summed E-state index contributed by atoms with van der Waals surface area (Å²) in [6.45, 7) is 3.51. The van der Waals surface area contributed by atoms with Crippen LogP contribution in [0.25, 0.3) is 0 Å². The molecule has 0 unspecified atom stereocenters. The van der Waals surface area contributed by atoms with Gasteiger partial charge in [0, 0.05) is 29.5 Å². The van der Waals surface area contributed by atoms with Crippen LogP contribution in [0.5, 0.6) is 0 Å². The lowest BCUT2D eigenvalue weighted by Crippen LogP contribution is -2.16. The van der Waals surface area contributed by atoms with Crippen molar-refractivity contribution in [1.82, 2.24) is 15.0 Å². The summed E-state index contributed by atoms with van der Waals surface area (Å²) in [5, 5.41) is 2.68. The molecule has 3 rings (SSSR count). The summed E-state index contributed by atoms with van der Waals surface area (Å²) >= 11 is 0. The summed E-state index contributed by atoms with van der Waals surface area (Å²) in [5.41, 5.74) is 2.19. The van der Waals surface area contributed by atoms with Crippen LogP contribution in [0.4, 0.5) is 11.6 Å². The number of hydrogen-bond acceptors (Lipinski definition) is 6. The maximum atomic E-state index is 12.5. The highest BCUT2D eigenvalue weighted by molar-refractivity contribution is 7.92. The summed E-state index contributed by atoms with van der Waals surface area (Å²) in [5.74, 6) is -0.318. The van der Waals surface area contributed by atoms with Gasteiger partial charge < -0.3 is 5.32 Å². The zero-order valence-electron chi connectivity index (χ0n) is 14.7. The predicted octanol–water partition coefficient (Wildman–Crippen LogP) is 2.54. The number of sulfonamides is 1. The molecule has 0 fully saturated rings. The lowest BCUT2D eigenvalue weighted by molar-refractivity contribution is 0.102. The number of anilines is 2. The zero-order chi connectivity index (χ0) is 19.4. The van der Waals surface area contributed by atoms with Gasteiger partial charge in [-0.1, -0.05) is 0 Å². The van der Waals surface area contributed by atoms with Gasteiger partial charge >= 0.3 is 0 Å². The fraction of sp³-hybridized carbons (Fsp3) is 0.111. The standard InChI is InChI=1S/C18H17N5O3S/c1-12-10-13(2)21-18(20-12)23-27(25,26)16-7-5-15(6-8-16)22-17(24)14-4-3-9-19-11-14/h3-11H,1-2H3,(H,22,24)(H,20,21,23). The molecule has 0 spiro atoms. The van der Waals surface area contributed by atoms with E-state index in [1.165, 1.54) is 30.5 Å². The SMILES string of the molecule is Cc1cc(C)nc(NS(=O)(=O)c2ccc(NC(=O)c3cccnc3)cc2)n1. The number of hydrogen-bond donors (Lipinski definition) is 2. The monoisotopic (exact) mass is 383 g/mol. The van der Waals surface area contributed by atoms with Gasteiger partial charge in [-0.3, -0.25) is 9.78 Å². The van der Waals surface area contributed by atoms with Gasteiger partial charge in [0.05, 0.1) is 10.5 Å². The summed E-state index contributed by atoms with van der Waals surface area (Å²) in [6, 6.07) is 10.8. The molecule has 0 bridgehead atoms. The topological polar surface area (TPSA) is 114 Å². The van der Waals surface area contributed by atoms with Crippen molar-refractivity contribution >= 4 is 27.6 Å². The van der Waals surface area contributed by atoms with Crippen molar-refractivity contribution < 1.29 is 13.2 Å². The number of rotatable bonds is 5. The van der Waals surface area contributed by atoms with Gasteiger partial charge in [0.25, 0.3) is 15.9 Å². The Labute approximate surface area is 156 Å². The van der Waals surface area contributed by atoms with Crippen LogP contribution >= 0.6 is 0 Å². The largest absolute Gasteiger partial charge is 0.322 e. The average molecular weight is 383 g/mol. The van der Waals surface area contributed by atoms with E-state index in [2.05, 4.69) is 25.0 Å². The molecule has 1 amide bonds. The highest BCUT2D eigenvalue weighted by Gasteiger charge is 2.16. The van der Waals surface area contributed by atoms with Crippen LogP contribution in [0.2, 0.25) is 0 Å². The molecule has 9 heteroatoms. The molecule has 3 aromatic rings. The molecule has 138 valence electrons. The molecule has 2 heterocycles. The molecule has 27 heavy (non-hydrogen) atoms. The van der Waals surface area contributed by atoms with E-state index in [4.69, 9.17) is 0 Å². The molecule has 0 atom stereocenters. The lowest BCUT2D eigenvalue weighted by Gasteiger charge is -2.09. The van der Waals surface area contributed by atoms with Crippen LogP contribution in [0.1, 0.15) is 21.7 Å². The molecule has 0 radical (unpaired) electrons. The summed E-state index contributed by atoms with van der Waals surface area (Å²) in [6.07, 6.45) is 3.02. The van der Waals surface area contributed by atoms with Gasteiger partial charge in [-0.15, -0.1) is 0 Å². The number of carbonyl (C=O) groups is 1. The maximum absolute atomic E-state index is 12.5. The molecule has 2 aromatic heterocycles. The van der Waals surface area contributed by atoms with Crippen LogP contribution in [0.3, 0.4) is 0 Å². The van der Waals surface area contributed by atoms with Crippen LogP contribution in [0, 0.1) is 13.8 Å². The highest BCUT2D eigenvalue weighted by Crippen LogP contribution is 2.17. The van der Waals surface area contributed by atoms with Crippen molar-refractivity contribution in [3.63, 3.8) is 0 Å². The Morgan fingerprint density at radius 3 is 2.26 bits per heavy atom. The van der Waals surface area contributed by atoms with E-state index in [9.17, 15) is 13.2 Å². The molecule has 8 nitrogen and oxygen atoms in total. The smallest absolute Gasteiger partial charge is 0.264 e. The third-order valence-electron chi connectivity index (χ3n) is 3.55. The third-order valence-corrected chi connectivity index (χ3v) is 4.90. The number of nitrogens with zero attached hydrogens (tertiary/aromatic N) is 3. The van der Waals surface area contributed by atoms with E-state index in [-0.39, 0.29) is 16.8 Å². The Morgan fingerprint density at radius 2 is 1.67 bits per heavy atom. The predicted molar refractivity (Wildman–Crippen MR) is 101 cm³/mol. The Bertz CT molecular complexity index is 1050. The second-order valence-corrected chi connectivity index (χ2v) is 7.48. The van der Waals surface area contributed by atoms with Crippen LogP contribution in [-0.4, -0.2) is 29.3 Å². The number of carbonyl (C=O) groups excluding carboxylic acids is 1. The first-order valence-electron chi connectivity index (χ1n) is 8.00. The fourth-order valence-electron chi connectivity index (χ4n) is 2.37. The van der Waals surface area contributed by atoms with Crippen LogP contribution in [0.15, 0.2) is 59.8 Å². The number of nitrogens with one attached hydrogen (secondary N) is 2. The molecule has 2 N–H and O–H groups in total. The van der Waals surface area contributed by atoms with E-state index in [0.717, 1.165) is 0 Å². The summed E-state index contributed by atoms with van der Waals surface area (Å²) in [4.78, 5) is 24.2. The summed E-state index contributed by atoms with van der Waals surface area (Å²) < 4.78 is 27.3. The Balaban J connectivity index is 1.75. The van der Waals surface area contributed by atoms with Crippen LogP contribution < -0.4 is 10.0 Å². The first kappa shape index (κ1) is 18.5. The summed E-state index contributed by atoms with van der Waals surface area (Å²) in [7, 11) is -3.84. The molecule has 0 saturated carbocycles. The zero-order valence-corrected chi connectivity index (χ0v) is 15.5. The van der Waals surface area contributed by atoms with Crippen molar-refractivity contribution in [1.29, 1.82) is 0 Å². The quantitative estimate of drug-likeness (QED) is 0.700. The minimum atomic E-state index is -3.84. The lowest BCUT2D eigenvalue weighted by atomic mass is 10.2. The van der Waals surface area contributed by atoms with Gasteiger partial charge in [-0.05, 0) is 56.3 Å². The average Bonchev–Trinajstić information content (AvgIpc) is 2.61. The van der Waals surface area contributed by atoms with E-state index in [1.807, 2.05) is 0 Å². The molecular formula is C18H17N5O3S. The van der Waals surface area contributed by atoms with Crippen molar-refractivity contribution in [2.45, 2.75) is 18.7 Å². The number of pyridine rings is 1. The van der Waals surface area contributed by atoms with E-state index in [0.29, 0.717) is 22.6 Å². The van der Waals surface area contributed by atoms with E-state index in [1.54, 1.807) is 38.2 Å². The Kier molecular flexibility index (Phi) is 5.13. The number of aryl methyl sites for hydroxylation is 2. The van der Waals surface area contributed by atoms with Gasteiger partial charge in [-0.25, -0.2) is 23.1 Å². The number of aromatic nitrogens is 3. The minimum Gasteiger partial charge on any atom is -0.322 e. The van der Waals surface area contributed by atoms with E-state index >= 15 is 0 Å². The van der Waals surface area contributed by atoms with Gasteiger partial charge in [0.2, 0.25) is 5.95 Å². The van der Waals surface area contributed by atoms with Crippen LogP contribution in [-0.2, 0) is 10.0 Å². The van der Waals surface area contributed by atoms with Crippen molar-refractivity contribution in [2.75, 3.05) is 10.0 Å². The fourth-order valence-corrected chi connectivity index (χ4v) is 3.31. The minimum absolute atomic E-state index is 0.0152. The van der Waals surface area contributed by atoms with E-state index < -0.39 is 10.0 Å². The maximum Gasteiger partial charge on any atom is 0.264 e. The second-order valence-electron chi connectivity index (χ2n) is 5.80. The van der Waals surface area contributed by atoms with Gasteiger partial charge in [0.15, 0.2) is 0 Å². The molecule has 0 aliphatic heterocycles. The highest BCUT2D eigenvalue weighted by atomic mass is 32.2. The van der Waals surface area contributed by atoms with Gasteiger partial charge in [0.1, 0.15) is 0 Å². The molecular weight excluding hydrogens is 366 g/mol. The first-order chi connectivity index (χ1) is 12.8. The molecule has 0 aliphatic carbocycles. The second kappa shape index (κ2) is 7.50. The van der Waals surface area contributed by atoms with Crippen molar-refractivity contribution in [3.8, 4) is 0 Å². The molecule has 0 saturated heterocycles. The van der Waals surface area contributed by atoms with Crippen molar-refractivity contribution in [2.24, 2.45) is 0 Å². The molecule has 0 aliphatic rings. The number of benzene rings is 1.